The Balaban J connectivity index is 1.38. The molecular weight excluding hydrogens is 364 g/mol. The number of aromatic nitrogens is 5. The Kier molecular flexibility index (Phi) is 4.35. The van der Waals surface area contributed by atoms with Crippen LogP contribution in [-0.4, -0.2) is 41.9 Å². The molecule has 0 radical (unpaired) electrons. The van der Waals surface area contributed by atoms with E-state index in [1.54, 1.807) is 18.9 Å². The van der Waals surface area contributed by atoms with E-state index in [0.29, 0.717) is 18.7 Å². The van der Waals surface area contributed by atoms with Gasteiger partial charge in [0.2, 0.25) is 0 Å². The number of benzene rings is 1. The van der Waals surface area contributed by atoms with Gasteiger partial charge in [0.05, 0.1) is 36.2 Å². The molecule has 0 saturated carbocycles. The SMILES string of the molecule is Cn1cnc2cc(C(=O)N3Cc4[nH]cnc4C(CCc4ccccc4)C3)cnc21. The number of nitrogens with one attached hydrogen (secondary N) is 1. The van der Waals surface area contributed by atoms with Crippen molar-refractivity contribution in [1.29, 1.82) is 0 Å². The van der Waals surface area contributed by atoms with Crippen LogP contribution in [-0.2, 0) is 20.0 Å². The number of aryl methyl sites for hydroxylation is 2. The lowest BCUT2D eigenvalue weighted by molar-refractivity contribution is 0.0711. The largest absolute Gasteiger partial charge is 0.347 e. The quantitative estimate of drug-likeness (QED) is 0.585. The highest BCUT2D eigenvalue weighted by Gasteiger charge is 2.30. The van der Waals surface area contributed by atoms with Crippen LogP contribution >= 0.6 is 0 Å². The van der Waals surface area contributed by atoms with Crippen molar-refractivity contribution >= 4 is 17.1 Å². The van der Waals surface area contributed by atoms with Gasteiger partial charge in [0, 0.05) is 25.7 Å². The summed E-state index contributed by atoms with van der Waals surface area (Å²) in [6.45, 7) is 1.19. The summed E-state index contributed by atoms with van der Waals surface area (Å²) in [6, 6.07) is 12.3. The Morgan fingerprint density at radius 2 is 2.07 bits per heavy atom. The summed E-state index contributed by atoms with van der Waals surface area (Å²) in [5.74, 6) is 0.190. The fourth-order valence-corrected chi connectivity index (χ4v) is 4.10. The molecule has 5 rings (SSSR count). The number of rotatable bonds is 4. The Labute approximate surface area is 168 Å². The number of carbonyl (C=O) groups is 1. The van der Waals surface area contributed by atoms with E-state index in [1.807, 2.05) is 28.6 Å². The highest BCUT2D eigenvalue weighted by atomic mass is 16.2. The zero-order chi connectivity index (χ0) is 19.8. The monoisotopic (exact) mass is 386 g/mol. The number of hydrogen-bond acceptors (Lipinski definition) is 4. The molecule has 1 aliphatic rings. The number of aromatic amines is 1. The Bertz CT molecular complexity index is 1160. The molecule has 1 aliphatic heterocycles. The van der Waals surface area contributed by atoms with E-state index < -0.39 is 0 Å². The normalized spacial score (nSPS) is 16.2. The third-order valence-electron chi connectivity index (χ3n) is 5.64. The third-order valence-corrected chi connectivity index (χ3v) is 5.64. The molecule has 4 aromatic rings. The van der Waals surface area contributed by atoms with Crippen LogP contribution in [0.3, 0.4) is 0 Å². The number of hydrogen-bond donors (Lipinski definition) is 1. The van der Waals surface area contributed by atoms with Crippen molar-refractivity contribution in [1.82, 2.24) is 29.4 Å². The van der Waals surface area contributed by atoms with Gasteiger partial charge in [-0.1, -0.05) is 30.3 Å². The van der Waals surface area contributed by atoms with Gasteiger partial charge in [-0.25, -0.2) is 15.0 Å². The van der Waals surface area contributed by atoms with Gasteiger partial charge in [-0.3, -0.25) is 4.79 Å². The summed E-state index contributed by atoms with van der Waals surface area (Å²) >= 11 is 0. The summed E-state index contributed by atoms with van der Waals surface area (Å²) in [4.78, 5) is 31.6. The smallest absolute Gasteiger partial charge is 0.255 e. The Morgan fingerprint density at radius 3 is 2.93 bits per heavy atom. The Morgan fingerprint density at radius 1 is 1.21 bits per heavy atom. The van der Waals surface area contributed by atoms with Gasteiger partial charge >= 0.3 is 0 Å². The number of imidazole rings is 2. The van der Waals surface area contributed by atoms with Crippen molar-refractivity contribution in [3.8, 4) is 0 Å². The topological polar surface area (TPSA) is 79.7 Å². The number of fused-ring (bicyclic) bond motifs is 2. The maximum atomic E-state index is 13.2. The maximum absolute atomic E-state index is 13.2. The molecule has 0 aliphatic carbocycles. The van der Waals surface area contributed by atoms with Crippen molar-refractivity contribution < 1.29 is 4.79 Å². The molecule has 0 bridgehead atoms. The standard InChI is InChI=1S/C22H22N6O/c1-27-14-26-18-9-17(10-23-21(18)27)22(29)28-11-16(20-19(12-28)24-13-25-20)8-7-15-5-3-2-4-6-15/h2-6,9-10,13-14,16H,7-8,11-12H2,1H3,(H,24,25). The molecule has 3 aromatic heterocycles. The molecule has 0 saturated heterocycles. The second kappa shape index (κ2) is 7.16. The van der Waals surface area contributed by atoms with Gasteiger partial charge in [0.15, 0.2) is 5.65 Å². The van der Waals surface area contributed by atoms with Crippen molar-refractivity contribution in [3.63, 3.8) is 0 Å². The molecule has 7 heteroatoms. The van der Waals surface area contributed by atoms with E-state index in [2.05, 4.69) is 44.2 Å². The van der Waals surface area contributed by atoms with Gasteiger partial charge in [-0.2, -0.15) is 0 Å². The Hall–Kier alpha value is -3.48. The molecular formula is C22H22N6O. The molecule has 1 aromatic carbocycles. The van der Waals surface area contributed by atoms with Crippen LogP contribution in [0.4, 0.5) is 0 Å². The van der Waals surface area contributed by atoms with Crippen molar-refractivity contribution in [2.24, 2.45) is 7.05 Å². The number of nitrogens with zero attached hydrogens (tertiary/aromatic N) is 5. The molecule has 0 fully saturated rings. The first-order valence-electron chi connectivity index (χ1n) is 9.81. The number of pyridine rings is 1. The van der Waals surface area contributed by atoms with Crippen molar-refractivity contribution in [2.45, 2.75) is 25.3 Å². The zero-order valence-corrected chi connectivity index (χ0v) is 16.2. The molecule has 1 atom stereocenters. The summed E-state index contributed by atoms with van der Waals surface area (Å²) in [5.41, 5.74) is 5.49. The average molecular weight is 386 g/mol. The van der Waals surface area contributed by atoms with Crippen LogP contribution in [0, 0.1) is 0 Å². The first kappa shape index (κ1) is 17.6. The first-order valence-corrected chi connectivity index (χ1v) is 9.81. The second-order valence-corrected chi connectivity index (χ2v) is 7.60. The maximum Gasteiger partial charge on any atom is 0.255 e. The summed E-state index contributed by atoms with van der Waals surface area (Å²) in [7, 11) is 1.89. The van der Waals surface area contributed by atoms with Gasteiger partial charge < -0.3 is 14.5 Å². The van der Waals surface area contributed by atoms with Crippen LogP contribution in [0.5, 0.6) is 0 Å². The summed E-state index contributed by atoms with van der Waals surface area (Å²) < 4.78 is 1.85. The molecule has 7 nitrogen and oxygen atoms in total. The minimum atomic E-state index is -0.0185. The lowest BCUT2D eigenvalue weighted by atomic mass is 9.91. The van der Waals surface area contributed by atoms with Crippen molar-refractivity contribution in [3.05, 3.63) is 77.8 Å². The molecule has 4 heterocycles. The highest BCUT2D eigenvalue weighted by molar-refractivity contribution is 5.96. The fraction of sp³-hybridized carbons (Fsp3) is 0.273. The lowest BCUT2D eigenvalue weighted by Crippen LogP contribution is -2.38. The van der Waals surface area contributed by atoms with E-state index in [1.165, 1.54) is 5.56 Å². The molecule has 1 amide bonds. The predicted molar refractivity (Wildman–Crippen MR) is 109 cm³/mol. The third kappa shape index (κ3) is 3.29. The fourth-order valence-electron chi connectivity index (χ4n) is 4.10. The van der Waals surface area contributed by atoms with Gasteiger partial charge in [-0.15, -0.1) is 0 Å². The summed E-state index contributed by atoms with van der Waals surface area (Å²) in [6.07, 6.45) is 7.00. The molecule has 146 valence electrons. The number of carbonyl (C=O) groups excluding carboxylic acids is 1. The van der Waals surface area contributed by atoms with E-state index in [4.69, 9.17) is 0 Å². The molecule has 0 spiro atoms. The van der Waals surface area contributed by atoms with Crippen LogP contribution in [0.25, 0.3) is 11.2 Å². The van der Waals surface area contributed by atoms with Gasteiger partial charge in [0.25, 0.3) is 5.91 Å². The van der Waals surface area contributed by atoms with E-state index >= 15 is 0 Å². The molecule has 1 N–H and O–H groups in total. The highest BCUT2D eigenvalue weighted by Crippen LogP contribution is 2.30. The van der Waals surface area contributed by atoms with E-state index in [9.17, 15) is 4.79 Å². The zero-order valence-electron chi connectivity index (χ0n) is 16.2. The van der Waals surface area contributed by atoms with E-state index in [0.717, 1.165) is 35.4 Å². The summed E-state index contributed by atoms with van der Waals surface area (Å²) in [5, 5.41) is 0. The minimum absolute atomic E-state index is 0.0185. The van der Waals surface area contributed by atoms with Crippen LogP contribution < -0.4 is 0 Å². The average Bonchev–Trinajstić information content (AvgIpc) is 3.38. The van der Waals surface area contributed by atoms with Crippen LogP contribution in [0.15, 0.2) is 55.2 Å². The van der Waals surface area contributed by atoms with Crippen molar-refractivity contribution in [2.75, 3.05) is 6.54 Å². The lowest BCUT2D eigenvalue weighted by Gasteiger charge is -2.32. The van der Waals surface area contributed by atoms with Gasteiger partial charge in [-0.05, 0) is 24.5 Å². The van der Waals surface area contributed by atoms with Gasteiger partial charge in [0.1, 0.15) is 5.52 Å². The molecule has 1 unspecified atom stereocenters. The number of amides is 1. The van der Waals surface area contributed by atoms with E-state index in [-0.39, 0.29) is 11.8 Å². The predicted octanol–water partition coefficient (Wildman–Crippen LogP) is 3.06. The second-order valence-electron chi connectivity index (χ2n) is 7.60. The number of H-pyrrole nitrogens is 1. The first-order chi connectivity index (χ1) is 14.2. The van der Waals surface area contributed by atoms with Crippen LogP contribution in [0.1, 0.15) is 39.6 Å². The molecule has 29 heavy (non-hydrogen) atoms. The van der Waals surface area contributed by atoms with Crippen LogP contribution in [0.2, 0.25) is 0 Å². The minimum Gasteiger partial charge on any atom is -0.347 e.